The highest BCUT2D eigenvalue weighted by Gasteiger charge is 2.11. The molecule has 1 aromatic heterocycles. The predicted octanol–water partition coefficient (Wildman–Crippen LogP) is 3.28. The van der Waals surface area contributed by atoms with Crippen LogP contribution < -0.4 is 5.73 Å². The van der Waals surface area contributed by atoms with Crippen molar-refractivity contribution in [3.05, 3.63) is 58.1 Å². The van der Waals surface area contributed by atoms with Gasteiger partial charge in [-0.1, -0.05) is 35.3 Å². The van der Waals surface area contributed by atoms with Crippen molar-refractivity contribution in [1.82, 2.24) is 20.2 Å². The summed E-state index contributed by atoms with van der Waals surface area (Å²) in [5.74, 6) is 0.622. The van der Waals surface area contributed by atoms with Gasteiger partial charge in [-0.05, 0) is 46.3 Å². The molecule has 2 aromatic carbocycles. The van der Waals surface area contributed by atoms with Crippen molar-refractivity contribution in [3.63, 3.8) is 0 Å². The van der Waals surface area contributed by atoms with E-state index in [1.807, 2.05) is 30.3 Å². The van der Waals surface area contributed by atoms with Crippen molar-refractivity contribution in [2.75, 3.05) is 5.73 Å². The largest absolute Gasteiger partial charge is 0.398 e. The number of rotatable bonds is 3. The van der Waals surface area contributed by atoms with Crippen molar-refractivity contribution in [3.8, 4) is 11.4 Å². The van der Waals surface area contributed by atoms with Crippen LogP contribution in [0.15, 0.2) is 42.5 Å². The maximum Gasteiger partial charge on any atom is 0.182 e. The minimum atomic E-state index is 0.477. The van der Waals surface area contributed by atoms with Crippen molar-refractivity contribution >= 4 is 28.9 Å². The Morgan fingerprint density at radius 3 is 2.71 bits per heavy atom. The van der Waals surface area contributed by atoms with Crippen LogP contribution in [0, 0.1) is 0 Å². The summed E-state index contributed by atoms with van der Waals surface area (Å²) in [5, 5.41) is 12.9. The number of halogens is 2. The maximum atomic E-state index is 6.04. The highest BCUT2D eigenvalue weighted by molar-refractivity contribution is 6.33. The van der Waals surface area contributed by atoms with E-state index in [-0.39, 0.29) is 0 Å². The number of nitrogens with zero attached hydrogens (tertiary/aromatic N) is 4. The standard InChI is InChI=1S/C14H11Cl2N5/c15-11-3-1-2-9(6-11)8-21-14(18-19-20-21)10-4-5-13(17)12(16)7-10/h1-7H,8,17H2. The summed E-state index contributed by atoms with van der Waals surface area (Å²) < 4.78 is 1.69. The van der Waals surface area contributed by atoms with Crippen LogP contribution in [-0.4, -0.2) is 20.2 Å². The molecule has 0 saturated heterocycles. The van der Waals surface area contributed by atoms with Gasteiger partial charge < -0.3 is 5.73 Å². The van der Waals surface area contributed by atoms with Crippen LogP contribution in [-0.2, 0) is 6.54 Å². The van der Waals surface area contributed by atoms with Gasteiger partial charge >= 0.3 is 0 Å². The van der Waals surface area contributed by atoms with E-state index in [2.05, 4.69) is 15.5 Å². The minimum absolute atomic E-state index is 0.477. The molecule has 0 atom stereocenters. The molecule has 0 amide bonds. The Balaban J connectivity index is 1.95. The first-order valence-corrected chi connectivity index (χ1v) is 6.95. The quantitative estimate of drug-likeness (QED) is 0.752. The summed E-state index contributed by atoms with van der Waals surface area (Å²) in [7, 11) is 0. The third-order valence-electron chi connectivity index (χ3n) is 3.01. The van der Waals surface area contributed by atoms with Crippen molar-refractivity contribution in [1.29, 1.82) is 0 Å². The molecule has 0 radical (unpaired) electrons. The summed E-state index contributed by atoms with van der Waals surface area (Å²) in [4.78, 5) is 0. The highest BCUT2D eigenvalue weighted by atomic mass is 35.5. The zero-order chi connectivity index (χ0) is 14.8. The van der Waals surface area contributed by atoms with Gasteiger partial charge in [-0.3, -0.25) is 0 Å². The summed E-state index contributed by atoms with van der Waals surface area (Å²) in [5.41, 5.74) is 8.06. The van der Waals surface area contributed by atoms with Crippen LogP contribution >= 0.6 is 23.2 Å². The molecule has 0 aliphatic rings. The number of hydrogen-bond acceptors (Lipinski definition) is 4. The van der Waals surface area contributed by atoms with Gasteiger partial charge in [-0.15, -0.1) is 5.10 Å². The number of nitrogen functional groups attached to an aromatic ring is 1. The molecule has 0 spiro atoms. The number of hydrogen-bond donors (Lipinski definition) is 1. The van der Waals surface area contributed by atoms with Gasteiger partial charge in [0.25, 0.3) is 0 Å². The van der Waals surface area contributed by atoms with Crippen LogP contribution in [0.2, 0.25) is 10.0 Å². The third kappa shape index (κ3) is 2.99. The lowest BCUT2D eigenvalue weighted by Gasteiger charge is -2.06. The van der Waals surface area contributed by atoms with Gasteiger partial charge in [0.15, 0.2) is 5.82 Å². The Morgan fingerprint density at radius 1 is 1.10 bits per heavy atom. The van der Waals surface area contributed by atoms with E-state index in [0.717, 1.165) is 11.1 Å². The molecule has 7 heteroatoms. The van der Waals surface area contributed by atoms with Crippen LogP contribution in [0.1, 0.15) is 5.56 Å². The fourth-order valence-electron chi connectivity index (χ4n) is 1.99. The average Bonchev–Trinajstić information content (AvgIpc) is 2.90. The first-order valence-electron chi connectivity index (χ1n) is 6.19. The second-order valence-corrected chi connectivity index (χ2v) is 5.37. The molecule has 0 saturated carbocycles. The monoisotopic (exact) mass is 319 g/mol. The normalized spacial score (nSPS) is 10.8. The molecule has 3 rings (SSSR count). The van der Waals surface area contributed by atoms with Crippen LogP contribution in [0.4, 0.5) is 5.69 Å². The summed E-state index contributed by atoms with van der Waals surface area (Å²) in [6, 6.07) is 12.9. The average molecular weight is 320 g/mol. The Hall–Kier alpha value is -2.11. The molecule has 1 heterocycles. The summed E-state index contributed by atoms with van der Waals surface area (Å²) in [6.07, 6.45) is 0. The van der Waals surface area contributed by atoms with E-state index < -0.39 is 0 Å². The van der Waals surface area contributed by atoms with Gasteiger partial charge in [0.1, 0.15) is 0 Å². The zero-order valence-corrected chi connectivity index (χ0v) is 12.4. The van der Waals surface area contributed by atoms with E-state index in [1.165, 1.54) is 0 Å². The van der Waals surface area contributed by atoms with Gasteiger partial charge in [-0.2, -0.15) is 0 Å². The minimum Gasteiger partial charge on any atom is -0.398 e. The first-order chi connectivity index (χ1) is 10.1. The number of anilines is 1. The molecule has 21 heavy (non-hydrogen) atoms. The molecule has 0 fully saturated rings. The summed E-state index contributed by atoms with van der Waals surface area (Å²) in [6.45, 7) is 0.519. The highest BCUT2D eigenvalue weighted by Crippen LogP contribution is 2.25. The SMILES string of the molecule is Nc1ccc(-c2nnnn2Cc2cccc(Cl)c2)cc1Cl. The maximum absolute atomic E-state index is 6.04. The van der Waals surface area contributed by atoms with E-state index >= 15 is 0 Å². The molecule has 0 unspecified atom stereocenters. The molecule has 0 aliphatic carbocycles. The molecular formula is C14H11Cl2N5. The van der Waals surface area contributed by atoms with E-state index in [1.54, 1.807) is 16.8 Å². The molecule has 3 aromatic rings. The summed E-state index contributed by atoms with van der Waals surface area (Å²) >= 11 is 12.0. The Kier molecular flexibility index (Phi) is 3.77. The van der Waals surface area contributed by atoms with Gasteiger partial charge in [-0.25, -0.2) is 4.68 Å². The lowest BCUT2D eigenvalue weighted by Crippen LogP contribution is -2.04. The fraction of sp³-hybridized carbons (Fsp3) is 0.0714. The molecule has 2 N–H and O–H groups in total. The van der Waals surface area contributed by atoms with E-state index in [4.69, 9.17) is 28.9 Å². The topological polar surface area (TPSA) is 69.6 Å². The number of tetrazole rings is 1. The van der Waals surface area contributed by atoms with Gasteiger partial charge in [0, 0.05) is 10.6 Å². The van der Waals surface area contributed by atoms with Crippen molar-refractivity contribution < 1.29 is 0 Å². The lowest BCUT2D eigenvalue weighted by atomic mass is 10.2. The molecule has 0 aliphatic heterocycles. The lowest BCUT2D eigenvalue weighted by molar-refractivity contribution is 0.653. The van der Waals surface area contributed by atoms with Gasteiger partial charge in [0.05, 0.1) is 17.3 Å². The second-order valence-electron chi connectivity index (χ2n) is 4.53. The molecule has 106 valence electrons. The van der Waals surface area contributed by atoms with Crippen LogP contribution in [0.3, 0.4) is 0 Å². The predicted molar refractivity (Wildman–Crippen MR) is 83.2 cm³/mol. The molecule has 0 bridgehead atoms. The van der Waals surface area contributed by atoms with Crippen LogP contribution in [0.5, 0.6) is 0 Å². The first kappa shape index (κ1) is 13.9. The molecule has 5 nitrogen and oxygen atoms in total. The Bertz CT molecular complexity index is 785. The number of nitrogens with two attached hydrogens (primary N) is 1. The van der Waals surface area contributed by atoms with Crippen LogP contribution in [0.25, 0.3) is 11.4 Å². The molecular weight excluding hydrogens is 309 g/mol. The second kappa shape index (κ2) is 5.71. The van der Waals surface area contributed by atoms with Crippen molar-refractivity contribution in [2.45, 2.75) is 6.54 Å². The number of aromatic nitrogens is 4. The number of benzene rings is 2. The van der Waals surface area contributed by atoms with E-state index in [9.17, 15) is 0 Å². The smallest absolute Gasteiger partial charge is 0.182 e. The fourth-order valence-corrected chi connectivity index (χ4v) is 2.39. The van der Waals surface area contributed by atoms with E-state index in [0.29, 0.717) is 28.1 Å². The Labute approximate surface area is 131 Å². The zero-order valence-electron chi connectivity index (χ0n) is 10.9. The Morgan fingerprint density at radius 2 is 1.95 bits per heavy atom. The van der Waals surface area contributed by atoms with Gasteiger partial charge in [0.2, 0.25) is 0 Å². The van der Waals surface area contributed by atoms with Crippen molar-refractivity contribution in [2.24, 2.45) is 0 Å². The third-order valence-corrected chi connectivity index (χ3v) is 3.57.